The fraction of sp³-hybridized carbons (Fsp3) is 0.385. The Morgan fingerprint density at radius 3 is 2.95 bits per heavy atom. The molecule has 2 rings (SSSR count). The molecule has 1 heterocycles. The largest absolute Gasteiger partial charge is 0.482 e. The number of ether oxygens (including phenoxy) is 1. The first-order valence-electron chi connectivity index (χ1n) is 5.99. The van der Waals surface area contributed by atoms with Crippen LogP contribution in [0.3, 0.4) is 0 Å². The number of nitrogens with one attached hydrogen (secondary N) is 1. The molecule has 1 aromatic rings. The normalized spacial score (nSPS) is 15.0. The van der Waals surface area contributed by atoms with Gasteiger partial charge in [0, 0.05) is 26.6 Å². The molecule has 1 aromatic carbocycles. The van der Waals surface area contributed by atoms with Crippen molar-refractivity contribution in [3.8, 4) is 5.75 Å². The van der Waals surface area contributed by atoms with Gasteiger partial charge in [0.1, 0.15) is 5.75 Å². The highest BCUT2D eigenvalue weighted by Crippen LogP contribution is 2.30. The van der Waals surface area contributed by atoms with Gasteiger partial charge in [-0.15, -0.1) is 0 Å². The molecule has 102 valence electrons. The summed E-state index contributed by atoms with van der Waals surface area (Å²) in [6.07, 6.45) is 0.223. The number of nitrogens with two attached hydrogens (primary N) is 1. The number of hydrogen-bond donors (Lipinski definition) is 2. The van der Waals surface area contributed by atoms with Crippen molar-refractivity contribution >= 4 is 17.5 Å². The standard InChI is InChI=1S/C13H17N3O3/c1-16(2)13(18)6-9(14)8-3-4-11-10(5-8)15-12(17)7-19-11/h3-5,9H,6-7,14H2,1-2H3,(H,15,17). The summed E-state index contributed by atoms with van der Waals surface area (Å²) in [5.41, 5.74) is 7.39. The van der Waals surface area contributed by atoms with E-state index in [1.165, 1.54) is 4.90 Å². The third-order valence-corrected chi connectivity index (χ3v) is 2.96. The first-order chi connectivity index (χ1) is 8.97. The van der Waals surface area contributed by atoms with E-state index in [9.17, 15) is 9.59 Å². The molecule has 2 amide bonds. The van der Waals surface area contributed by atoms with Crippen molar-refractivity contribution in [1.29, 1.82) is 0 Å². The summed E-state index contributed by atoms with van der Waals surface area (Å²) in [4.78, 5) is 24.4. The second kappa shape index (κ2) is 5.27. The summed E-state index contributed by atoms with van der Waals surface area (Å²) in [5, 5.41) is 2.72. The van der Waals surface area contributed by atoms with Crippen molar-refractivity contribution in [3.63, 3.8) is 0 Å². The van der Waals surface area contributed by atoms with Gasteiger partial charge in [-0.2, -0.15) is 0 Å². The maximum absolute atomic E-state index is 11.6. The van der Waals surface area contributed by atoms with Crippen LogP contribution in [0.1, 0.15) is 18.0 Å². The fourth-order valence-electron chi connectivity index (χ4n) is 1.82. The van der Waals surface area contributed by atoms with E-state index in [1.807, 2.05) is 6.07 Å². The molecule has 1 unspecified atom stereocenters. The summed E-state index contributed by atoms with van der Waals surface area (Å²) in [5.74, 6) is 0.391. The average molecular weight is 263 g/mol. The number of carbonyl (C=O) groups excluding carboxylic acids is 2. The molecule has 3 N–H and O–H groups in total. The lowest BCUT2D eigenvalue weighted by molar-refractivity contribution is -0.129. The van der Waals surface area contributed by atoms with Crippen molar-refractivity contribution in [1.82, 2.24) is 4.90 Å². The SMILES string of the molecule is CN(C)C(=O)CC(N)c1ccc2c(c1)NC(=O)CO2. The van der Waals surface area contributed by atoms with E-state index >= 15 is 0 Å². The second-order valence-electron chi connectivity index (χ2n) is 4.69. The number of nitrogens with zero attached hydrogens (tertiary/aromatic N) is 1. The molecular weight excluding hydrogens is 246 g/mol. The Morgan fingerprint density at radius 2 is 2.26 bits per heavy atom. The van der Waals surface area contributed by atoms with Gasteiger partial charge in [0.25, 0.3) is 5.91 Å². The van der Waals surface area contributed by atoms with E-state index in [1.54, 1.807) is 26.2 Å². The van der Waals surface area contributed by atoms with E-state index < -0.39 is 6.04 Å². The number of benzene rings is 1. The number of hydrogen-bond acceptors (Lipinski definition) is 4. The van der Waals surface area contributed by atoms with E-state index in [2.05, 4.69) is 5.32 Å². The molecule has 1 aliphatic heterocycles. The van der Waals surface area contributed by atoms with Gasteiger partial charge in [-0.1, -0.05) is 6.07 Å². The minimum Gasteiger partial charge on any atom is -0.482 e. The van der Waals surface area contributed by atoms with Crippen molar-refractivity contribution in [2.45, 2.75) is 12.5 Å². The van der Waals surface area contributed by atoms with Gasteiger partial charge in [-0.05, 0) is 17.7 Å². The zero-order chi connectivity index (χ0) is 14.0. The highest BCUT2D eigenvalue weighted by atomic mass is 16.5. The Balaban J connectivity index is 2.15. The summed E-state index contributed by atoms with van der Waals surface area (Å²) in [7, 11) is 3.38. The molecule has 0 fully saturated rings. The third kappa shape index (κ3) is 3.03. The van der Waals surface area contributed by atoms with Gasteiger partial charge in [-0.3, -0.25) is 9.59 Å². The molecule has 6 nitrogen and oxygen atoms in total. The summed E-state index contributed by atoms with van der Waals surface area (Å²) < 4.78 is 5.26. The van der Waals surface area contributed by atoms with Gasteiger partial charge in [-0.25, -0.2) is 0 Å². The number of anilines is 1. The van der Waals surface area contributed by atoms with Crippen molar-refractivity contribution in [2.24, 2.45) is 5.73 Å². The Kier molecular flexibility index (Phi) is 3.71. The van der Waals surface area contributed by atoms with E-state index in [-0.39, 0.29) is 24.8 Å². The molecule has 0 aromatic heterocycles. The second-order valence-corrected chi connectivity index (χ2v) is 4.69. The quantitative estimate of drug-likeness (QED) is 0.831. The molecular formula is C13H17N3O3. The monoisotopic (exact) mass is 263 g/mol. The highest BCUT2D eigenvalue weighted by Gasteiger charge is 2.19. The topological polar surface area (TPSA) is 84.7 Å². The Morgan fingerprint density at radius 1 is 1.53 bits per heavy atom. The molecule has 0 bridgehead atoms. The molecule has 0 aliphatic carbocycles. The number of amides is 2. The van der Waals surface area contributed by atoms with Crippen LogP contribution < -0.4 is 15.8 Å². The smallest absolute Gasteiger partial charge is 0.262 e. The minimum atomic E-state index is -0.404. The number of fused-ring (bicyclic) bond motifs is 1. The van der Waals surface area contributed by atoms with E-state index in [0.717, 1.165) is 5.56 Å². The average Bonchev–Trinajstić information content (AvgIpc) is 2.37. The molecule has 0 radical (unpaired) electrons. The van der Waals surface area contributed by atoms with E-state index in [4.69, 9.17) is 10.5 Å². The number of carbonyl (C=O) groups is 2. The van der Waals surface area contributed by atoms with Gasteiger partial charge in [0.05, 0.1) is 5.69 Å². The summed E-state index contributed by atoms with van der Waals surface area (Å²) in [6.45, 7) is 0.0253. The van der Waals surface area contributed by atoms with Crippen LogP contribution in [0.5, 0.6) is 5.75 Å². The highest BCUT2D eigenvalue weighted by molar-refractivity contribution is 5.95. The van der Waals surface area contributed by atoms with Gasteiger partial charge >= 0.3 is 0 Å². The Hall–Kier alpha value is -2.08. The molecule has 19 heavy (non-hydrogen) atoms. The van der Waals surface area contributed by atoms with Crippen LogP contribution in [0, 0.1) is 0 Å². The lowest BCUT2D eigenvalue weighted by Crippen LogP contribution is -2.27. The minimum absolute atomic E-state index is 0.0253. The Labute approximate surface area is 111 Å². The molecule has 0 saturated heterocycles. The van der Waals surface area contributed by atoms with Crippen LogP contribution in [0.2, 0.25) is 0 Å². The van der Waals surface area contributed by atoms with Crippen molar-refractivity contribution < 1.29 is 14.3 Å². The first kappa shape index (κ1) is 13.4. The maximum Gasteiger partial charge on any atom is 0.262 e. The van der Waals surface area contributed by atoms with Crippen LogP contribution in [0.25, 0.3) is 0 Å². The van der Waals surface area contributed by atoms with Gasteiger partial charge < -0.3 is 20.7 Å². The van der Waals surface area contributed by atoms with Crippen LogP contribution in [0.15, 0.2) is 18.2 Å². The van der Waals surface area contributed by atoms with Crippen LogP contribution in [-0.2, 0) is 9.59 Å². The van der Waals surface area contributed by atoms with Crippen molar-refractivity contribution in [3.05, 3.63) is 23.8 Å². The maximum atomic E-state index is 11.6. The molecule has 0 saturated carbocycles. The summed E-state index contributed by atoms with van der Waals surface area (Å²) >= 11 is 0. The van der Waals surface area contributed by atoms with E-state index in [0.29, 0.717) is 11.4 Å². The zero-order valence-corrected chi connectivity index (χ0v) is 11.0. The van der Waals surface area contributed by atoms with Crippen LogP contribution in [-0.4, -0.2) is 37.4 Å². The van der Waals surface area contributed by atoms with Crippen molar-refractivity contribution in [2.75, 3.05) is 26.0 Å². The molecule has 0 spiro atoms. The van der Waals surface area contributed by atoms with Gasteiger partial charge in [0.2, 0.25) is 5.91 Å². The fourth-order valence-corrected chi connectivity index (χ4v) is 1.82. The van der Waals surface area contributed by atoms with Crippen LogP contribution in [0.4, 0.5) is 5.69 Å². The molecule has 1 atom stereocenters. The first-order valence-corrected chi connectivity index (χ1v) is 5.99. The summed E-state index contributed by atoms with van der Waals surface area (Å²) in [6, 6.07) is 4.91. The Bertz CT molecular complexity index is 514. The molecule has 1 aliphatic rings. The molecule has 6 heteroatoms. The third-order valence-electron chi connectivity index (χ3n) is 2.96. The number of rotatable bonds is 3. The zero-order valence-electron chi connectivity index (χ0n) is 11.0. The lowest BCUT2D eigenvalue weighted by atomic mass is 10.0. The predicted molar refractivity (Wildman–Crippen MR) is 70.8 cm³/mol. The lowest BCUT2D eigenvalue weighted by Gasteiger charge is -2.20. The van der Waals surface area contributed by atoms with Gasteiger partial charge in [0.15, 0.2) is 6.61 Å². The van der Waals surface area contributed by atoms with Crippen LogP contribution >= 0.6 is 0 Å². The predicted octanol–water partition coefficient (Wildman–Crippen LogP) is 0.496.